The van der Waals surface area contributed by atoms with Crippen molar-refractivity contribution in [3.05, 3.63) is 71.8 Å². The van der Waals surface area contributed by atoms with Gasteiger partial charge in [0.2, 0.25) is 0 Å². The average Bonchev–Trinajstić information content (AvgIpc) is 3.40. The van der Waals surface area contributed by atoms with Crippen LogP contribution in [-0.2, 0) is 20.8 Å². The van der Waals surface area contributed by atoms with Gasteiger partial charge in [-0.05, 0) is 53.9 Å². The molecule has 2 N–H and O–H groups in total. The number of imidazole rings is 1. The zero-order chi connectivity index (χ0) is 30.6. The fourth-order valence-corrected chi connectivity index (χ4v) is 6.18. The van der Waals surface area contributed by atoms with E-state index >= 15 is 8.78 Å². The van der Waals surface area contributed by atoms with Crippen LogP contribution in [0.4, 0.5) is 8.78 Å². The van der Waals surface area contributed by atoms with Crippen LogP contribution < -0.4 is 4.74 Å². The van der Waals surface area contributed by atoms with Gasteiger partial charge in [-0.3, -0.25) is 9.69 Å². The summed E-state index contributed by atoms with van der Waals surface area (Å²) in [6.45, 7) is 3.92. The third kappa shape index (κ3) is 6.93. The summed E-state index contributed by atoms with van der Waals surface area (Å²) in [5.41, 5.74) is 3.72. The van der Waals surface area contributed by atoms with Gasteiger partial charge in [-0.2, -0.15) is 4.98 Å². The third-order valence-corrected chi connectivity index (χ3v) is 8.61. The molecule has 0 atom stereocenters. The van der Waals surface area contributed by atoms with E-state index in [1.54, 1.807) is 19.2 Å². The number of aromatic amines is 1. The number of aromatic nitrogens is 2. The van der Waals surface area contributed by atoms with Crippen molar-refractivity contribution in [3.63, 3.8) is 0 Å². The van der Waals surface area contributed by atoms with Gasteiger partial charge in [-0.1, -0.05) is 48.5 Å². The lowest BCUT2D eigenvalue weighted by Gasteiger charge is -2.38. The molecule has 8 nitrogen and oxygen atoms in total. The second kappa shape index (κ2) is 13.4. The maximum absolute atomic E-state index is 15.6. The predicted octanol–water partition coefficient (Wildman–Crippen LogP) is 6.43. The van der Waals surface area contributed by atoms with Crippen molar-refractivity contribution in [2.24, 2.45) is 5.92 Å². The highest BCUT2D eigenvalue weighted by molar-refractivity contribution is 5.84. The summed E-state index contributed by atoms with van der Waals surface area (Å²) in [5, 5.41) is 9.02. The number of nitrogens with one attached hydrogen (secondary N) is 1. The molecule has 232 valence electrons. The highest BCUT2D eigenvalue weighted by atomic mass is 19.1. The van der Waals surface area contributed by atoms with Crippen LogP contribution in [0.25, 0.3) is 33.3 Å². The van der Waals surface area contributed by atoms with Crippen LogP contribution in [0.1, 0.15) is 37.7 Å². The lowest BCUT2D eigenvalue weighted by Crippen LogP contribution is -2.51. The molecule has 0 spiro atoms. The van der Waals surface area contributed by atoms with Gasteiger partial charge in [0.1, 0.15) is 17.4 Å². The van der Waals surface area contributed by atoms with Crippen molar-refractivity contribution in [2.75, 3.05) is 33.4 Å². The molecular formula is C34H37F2N3O5. The quantitative estimate of drug-likeness (QED) is 0.180. The Balaban J connectivity index is 1.09. The first kappa shape index (κ1) is 30.2. The molecule has 2 aliphatic rings. The second-order valence-electron chi connectivity index (χ2n) is 11.8. The first-order valence-electron chi connectivity index (χ1n) is 15.1. The first-order valence-corrected chi connectivity index (χ1v) is 15.1. The lowest BCUT2D eigenvalue weighted by atomic mass is 9.85. The second-order valence-corrected chi connectivity index (χ2v) is 11.8. The van der Waals surface area contributed by atoms with Crippen LogP contribution in [-0.4, -0.2) is 71.6 Å². The van der Waals surface area contributed by atoms with Gasteiger partial charge in [0, 0.05) is 39.2 Å². The molecule has 1 aromatic heterocycles. The SMILES string of the molecule is COCCOC1CN(Cc2ccc(-c3ccc(-c4c(F)cc5[nH]c(OC6CCC(CC(=O)O)CC6)nc5c4F)cc3)cc2)C1. The maximum atomic E-state index is 15.6. The number of aliphatic carboxylic acids is 1. The van der Waals surface area contributed by atoms with E-state index in [-0.39, 0.29) is 47.2 Å². The molecule has 1 saturated heterocycles. The minimum atomic E-state index is -0.791. The summed E-state index contributed by atoms with van der Waals surface area (Å²) in [5.74, 6) is -2.08. The number of likely N-dealkylation sites (tertiary alicyclic amines) is 1. The number of hydrogen-bond acceptors (Lipinski definition) is 6. The highest BCUT2D eigenvalue weighted by Crippen LogP contribution is 2.35. The van der Waals surface area contributed by atoms with Crippen LogP contribution in [0.2, 0.25) is 0 Å². The van der Waals surface area contributed by atoms with Crippen molar-refractivity contribution >= 4 is 17.0 Å². The number of carboxylic acids is 1. The fourth-order valence-electron chi connectivity index (χ4n) is 6.18. The molecule has 6 rings (SSSR count). The van der Waals surface area contributed by atoms with Crippen LogP contribution in [0, 0.1) is 17.6 Å². The molecule has 10 heteroatoms. The van der Waals surface area contributed by atoms with E-state index < -0.39 is 17.6 Å². The minimum Gasteiger partial charge on any atom is -0.481 e. The summed E-state index contributed by atoms with van der Waals surface area (Å²) in [6, 6.07) is 16.9. The fraction of sp³-hybridized carbons (Fsp3) is 0.412. The van der Waals surface area contributed by atoms with Crippen molar-refractivity contribution in [1.82, 2.24) is 14.9 Å². The van der Waals surface area contributed by atoms with E-state index in [1.165, 1.54) is 11.6 Å². The van der Waals surface area contributed by atoms with Gasteiger partial charge in [0.25, 0.3) is 6.01 Å². The number of methoxy groups -OCH3 is 1. The molecule has 1 saturated carbocycles. The number of halogens is 2. The van der Waals surface area contributed by atoms with Crippen LogP contribution in [0.15, 0.2) is 54.6 Å². The van der Waals surface area contributed by atoms with Crippen molar-refractivity contribution < 1.29 is 32.9 Å². The smallest absolute Gasteiger partial charge is 0.303 e. The van der Waals surface area contributed by atoms with Gasteiger partial charge in [0.15, 0.2) is 5.82 Å². The summed E-state index contributed by atoms with van der Waals surface area (Å²) >= 11 is 0. The number of H-pyrrole nitrogens is 1. The van der Waals surface area contributed by atoms with Gasteiger partial charge in [-0.25, -0.2) is 8.78 Å². The third-order valence-electron chi connectivity index (χ3n) is 8.61. The van der Waals surface area contributed by atoms with Gasteiger partial charge >= 0.3 is 5.97 Å². The number of carboxylic acid groups (broad SMARTS) is 1. The summed E-state index contributed by atoms with van der Waals surface area (Å²) in [4.78, 5) is 20.5. The number of ether oxygens (including phenoxy) is 3. The van der Waals surface area contributed by atoms with Crippen molar-refractivity contribution in [3.8, 4) is 28.3 Å². The topological polar surface area (TPSA) is 96.9 Å². The Hall–Kier alpha value is -3.86. The summed E-state index contributed by atoms with van der Waals surface area (Å²) < 4.78 is 47.5. The molecule has 2 fully saturated rings. The largest absolute Gasteiger partial charge is 0.481 e. The number of rotatable bonds is 12. The Morgan fingerprint density at radius 3 is 2.27 bits per heavy atom. The van der Waals surface area contributed by atoms with Gasteiger partial charge in [0.05, 0.1) is 30.4 Å². The van der Waals surface area contributed by atoms with E-state index in [2.05, 4.69) is 39.1 Å². The van der Waals surface area contributed by atoms with Crippen LogP contribution in [0.5, 0.6) is 6.01 Å². The molecule has 44 heavy (non-hydrogen) atoms. The zero-order valence-corrected chi connectivity index (χ0v) is 24.7. The standard InChI is InChI=1S/C34H37F2N3O5/c1-42-14-15-43-27-19-39(20-27)18-22-2-6-23(7-3-22)24-8-10-25(11-9-24)31-28(35)17-29-33(32(31)36)38-34(37-29)44-26-12-4-21(5-13-26)16-30(40)41/h2-3,6-11,17,21,26-27H,4-5,12-16,18-20H2,1H3,(H,37,38)(H,40,41). The maximum Gasteiger partial charge on any atom is 0.303 e. The van der Waals surface area contributed by atoms with Crippen molar-refractivity contribution in [1.29, 1.82) is 0 Å². The van der Waals surface area contributed by atoms with Crippen molar-refractivity contribution in [2.45, 2.75) is 50.9 Å². The highest BCUT2D eigenvalue weighted by Gasteiger charge is 2.28. The summed E-state index contributed by atoms with van der Waals surface area (Å²) in [7, 11) is 1.67. The Labute approximate surface area is 255 Å². The monoisotopic (exact) mass is 605 g/mol. The number of carbonyl (C=O) groups is 1. The van der Waals surface area contributed by atoms with E-state index in [9.17, 15) is 4.79 Å². The minimum absolute atomic E-state index is 0.0192. The van der Waals surface area contributed by atoms with Crippen LogP contribution in [0.3, 0.4) is 0 Å². The summed E-state index contributed by atoms with van der Waals surface area (Å²) in [6.07, 6.45) is 3.15. The normalized spacial score (nSPS) is 19.2. The molecule has 3 aromatic carbocycles. The molecular weight excluding hydrogens is 568 g/mol. The number of benzene rings is 3. The van der Waals surface area contributed by atoms with Crippen LogP contribution >= 0.6 is 0 Å². The Bertz CT molecular complexity index is 1580. The molecule has 0 amide bonds. The molecule has 1 aliphatic heterocycles. The van der Waals surface area contributed by atoms with Gasteiger partial charge < -0.3 is 24.3 Å². The molecule has 2 heterocycles. The molecule has 0 unspecified atom stereocenters. The average molecular weight is 606 g/mol. The molecule has 1 aliphatic carbocycles. The number of hydrogen-bond donors (Lipinski definition) is 2. The Morgan fingerprint density at radius 2 is 1.61 bits per heavy atom. The van der Waals surface area contributed by atoms with Gasteiger partial charge in [-0.15, -0.1) is 0 Å². The Kier molecular flexibility index (Phi) is 9.20. The number of fused-ring (bicyclic) bond motifs is 1. The van der Waals surface area contributed by atoms with E-state index in [4.69, 9.17) is 19.3 Å². The van der Waals surface area contributed by atoms with E-state index in [0.29, 0.717) is 31.6 Å². The molecule has 0 radical (unpaired) electrons. The predicted molar refractivity (Wildman–Crippen MR) is 162 cm³/mol. The first-order chi connectivity index (χ1) is 21.4. The van der Waals surface area contributed by atoms with E-state index in [0.717, 1.165) is 43.6 Å². The number of nitrogens with zero attached hydrogens (tertiary/aromatic N) is 2. The van der Waals surface area contributed by atoms with E-state index in [1.807, 2.05) is 12.1 Å². The molecule has 0 bridgehead atoms. The lowest BCUT2D eigenvalue weighted by molar-refractivity contribution is -0.138. The molecule has 4 aromatic rings. The zero-order valence-electron chi connectivity index (χ0n) is 24.7. The Morgan fingerprint density at radius 1 is 0.955 bits per heavy atom.